The number of hydrogen-bond donors (Lipinski definition) is 1. The van der Waals surface area contributed by atoms with Gasteiger partial charge in [0.15, 0.2) is 5.76 Å². The van der Waals surface area contributed by atoms with Gasteiger partial charge in [-0.3, -0.25) is 4.79 Å². The van der Waals surface area contributed by atoms with Gasteiger partial charge in [0.2, 0.25) is 5.78 Å². The molecule has 0 amide bonds. The van der Waals surface area contributed by atoms with Gasteiger partial charge in [0, 0.05) is 28.9 Å². The lowest BCUT2D eigenvalue weighted by molar-refractivity contribution is -0.113. The molecular weight excluding hydrogens is 432 g/mol. The molecule has 0 bridgehead atoms. The zero-order valence-corrected chi connectivity index (χ0v) is 19.5. The van der Waals surface area contributed by atoms with Gasteiger partial charge in [-0.2, -0.15) is 0 Å². The van der Waals surface area contributed by atoms with E-state index in [1.54, 1.807) is 13.2 Å². The summed E-state index contributed by atoms with van der Waals surface area (Å²) in [5.41, 5.74) is 3.47. The van der Waals surface area contributed by atoms with Crippen LogP contribution in [0.3, 0.4) is 0 Å². The minimum Gasteiger partial charge on any atom is -0.507 e. The highest BCUT2D eigenvalue weighted by Gasteiger charge is 2.38. The van der Waals surface area contributed by atoms with Crippen molar-refractivity contribution in [3.63, 3.8) is 0 Å². The highest BCUT2D eigenvalue weighted by Crippen LogP contribution is 2.52. The standard InChI is InChI=1S/C28H26O6/c1-5-34-28-26(25-21(29)15-20(32-3)16-22(25)33-4)23(18-11-13-19(31-2)14-12-18)24(27(28)30)17-9-7-6-8-10-17/h6-16,29H,5H2,1-4H3. The predicted molar refractivity (Wildman–Crippen MR) is 131 cm³/mol. The molecule has 3 aromatic rings. The normalized spacial score (nSPS) is 13.4. The second kappa shape index (κ2) is 9.75. The van der Waals surface area contributed by atoms with Crippen LogP contribution in [0.2, 0.25) is 0 Å². The smallest absolute Gasteiger partial charge is 0.229 e. The van der Waals surface area contributed by atoms with E-state index in [9.17, 15) is 9.90 Å². The molecule has 6 heteroatoms. The molecule has 34 heavy (non-hydrogen) atoms. The van der Waals surface area contributed by atoms with E-state index in [2.05, 4.69) is 0 Å². The number of phenols is 1. The fraction of sp³-hybridized carbons (Fsp3) is 0.179. The van der Waals surface area contributed by atoms with Crippen molar-refractivity contribution in [3.05, 3.63) is 89.2 Å². The van der Waals surface area contributed by atoms with Crippen LogP contribution in [0.1, 0.15) is 23.6 Å². The van der Waals surface area contributed by atoms with E-state index >= 15 is 0 Å². The molecule has 1 aliphatic carbocycles. The van der Waals surface area contributed by atoms with Crippen LogP contribution >= 0.6 is 0 Å². The van der Waals surface area contributed by atoms with Crippen LogP contribution in [0.4, 0.5) is 0 Å². The van der Waals surface area contributed by atoms with E-state index < -0.39 is 0 Å². The van der Waals surface area contributed by atoms with Crippen molar-refractivity contribution in [2.45, 2.75) is 6.92 Å². The third-order valence-corrected chi connectivity index (χ3v) is 5.65. The summed E-state index contributed by atoms with van der Waals surface area (Å²) in [4.78, 5) is 13.8. The molecule has 174 valence electrons. The summed E-state index contributed by atoms with van der Waals surface area (Å²) in [7, 11) is 4.61. The van der Waals surface area contributed by atoms with Gasteiger partial charge in [0.05, 0.1) is 33.5 Å². The van der Waals surface area contributed by atoms with Crippen molar-refractivity contribution in [2.75, 3.05) is 27.9 Å². The Morgan fingerprint density at radius 3 is 1.97 bits per heavy atom. The average molecular weight is 459 g/mol. The molecule has 1 N–H and O–H groups in total. The van der Waals surface area contributed by atoms with Gasteiger partial charge in [-0.1, -0.05) is 42.5 Å². The van der Waals surface area contributed by atoms with Crippen molar-refractivity contribution in [3.8, 4) is 23.0 Å². The molecule has 0 unspecified atom stereocenters. The number of aromatic hydroxyl groups is 1. The molecule has 0 saturated heterocycles. The van der Waals surface area contributed by atoms with Crippen LogP contribution in [-0.2, 0) is 9.53 Å². The number of carbonyl (C=O) groups is 1. The average Bonchev–Trinajstić information content (AvgIpc) is 3.15. The van der Waals surface area contributed by atoms with Crippen LogP contribution < -0.4 is 14.2 Å². The number of hydrogen-bond acceptors (Lipinski definition) is 6. The van der Waals surface area contributed by atoms with Gasteiger partial charge in [-0.05, 0) is 30.2 Å². The van der Waals surface area contributed by atoms with Crippen LogP contribution in [0, 0.1) is 0 Å². The highest BCUT2D eigenvalue weighted by molar-refractivity contribution is 6.47. The Morgan fingerprint density at radius 2 is 1.38 bits per heavy atom. The first-order valence-corrected chi connectivity index (χ1v) is 10.9. The minimum absolute atomic E-state index is 0.0865. The maximum atomic E-state index is 13.8. The first kappa shape index (κ1) is 23.0. The van der Waals surface area contributed by atoms with Gasteiger partial charge in [0.25, 0.3) is 0 Å². The monoisotopic (exact) mass is 458 g/mol. The van der Waals surface area contributed by atoms with Gasteiger partial charge in [0.1, 0.15) is 23.0 Å². The Labute approximate surface area is 198 Å². The summed E-state index contributed by atoms with van der Waals surface area (Å²) in [6.07, 6.45) is 0. The number of Topliss-reactive ketones (excluding diaryl/α,β-unsaturated/α-hetero) is 1. The van der Waals surface area contributed by atoms with Crippen molar-refractivity contribution >= 4 is 22.5 Å². The molecule has 0 aliphatic heterocycles. The van der Waals surface area contributed by atoms with E-state index in [-0.39, 0.29) is 23.9 Å². The molecule has 0 radical (unpaired) electrons. The predicted octanol–water partition coefficient (Wildman–Crippen LogP) is 5.36. The summed E-state index contributed by atoms with van der Waals surface area (Å²) in [5.74, 6) is 1.29. The number of phenolic OH excluding ortho intramolecular Hbond substituents is 1. The van der Waals surface area contributed by atoms with Crippen molar-refractivity contribution < 1.29 is 28.8 Å². The third-order valence-electron chi connectivity index (χ3n) is 5.65. The zero-order chi connectivity index (χ0) is 24.2. The van der Waals surface area contributed by atoms with E-state index in [1.165, 1.54) is 20.3 Å². The second-order valence-electron chi connectivity index (χ2n) is 7.53. The molecule has 0 heterocycles. The van der Waals surface area contributed by atoms with E-state index in [4.69, 9.17) is 18.9 Å². The molecular formula is C28H26O6. The first-order valence-electron chi connectivity index (χ1n) is 10.9. The van der Waals surface area contributed by atoms with Crippen molar-refractivity contribution in [1.82, 2.24) is 0 Å². The quantitative estimate of drug-likeness (QED) is 0.490. The fourth-order valence-corrected chi connectivity index (χ4v) is 4.13. The summed E-state index contributed by atoms with van der Waals surface area (Å²) in [6, 6.07) is 20.0. The molecule has 0 fully saturated rings. The molecule has 3 aromatic carbocycles. The molecule has 0 aromatic heterocycles. The van der Waals surface area contributed by atoms with Crippen LogP contribution in [-0.4, -0.2) is 38.8 Å². The first-order chi connectivity index (χ1) is 16.5. The Hall–Kier alpha value is -4.19. The van der Waals surface area contributed by atoms with Gasteiger partial charge in [-0.25, -0.2) is 0 Å². The number of allylic oxidation sites excluding steroid dienone is 3. The largest absolute Gasteiger partial charge is 0.507 e. The van der Waals surface area contributed by atoms with Gasteiger partial charge < -0.3 is 24.1 Å². The second-order valence-corrected chi connectivity index (χ2v) is 7.53. The summed E-state index contributed by atoms with van der Waals surface area (Å²) in [6.45, 7) is 2.10. The fourth-order valence-electron chi connectivity index (χ4n) is 4.13. The highest BCUT2D eigenvalue weighted by atomic mass is 16.5. The maximum absolute atomic E-state index is 13.8. The lowest BCUT2D eigenvalue weighted by atomic mass is 9.89. The van der Waals surface area contributed by atoms with E-state index in [0.717, 1.165) is 11.1 Å². The SMILES string of the molecule is CCOC1=C(c2c(O)cc(OC)cc2OC)C(c2ccc(OC)cc2)=C(c2ccccc2)C1=O. The van der Waals surface area contributed by atoms with Crippen LogP contribution in [0.5, 0.6) is 23.0 Å². The molecule has 4 rings (SSSR count). The number of methoxy groups -OCH3 is 3. The zero-order valence-electron chi connectivity index (χ0n) is 19.5. The summed E-state index contributed by atoms with van der Waals surface area (Å²) in [5, 5.41) is 11.1. The Balaban J connectivity index is 2.09. The van der Waals surface area contributed by atoms with Crippen LogP contribution in [0.25, 0.3) is 16.7 Å². The molecule has 0 atom stereocenters. The van der Waals surface area contributed by atoms with Crippen LogP contribution in [0.15, 0.2) is 72.5 Å². The minimum atomic E-state index is -0.258. The van der Waals surface area contributed by atoms with E-state index in [1.807, 2.05) is 61.5 Å². The molecule has 0 saturated carbocycles. The number of carbonyl (C=O) groups excluding carboxylic acids is 1. The summed E-state index contributed by atoms with van der Waals surface area (Å²) >= 11 is 0. The van der Waals surface area contributed by atoms with Gasteiger partial charge >= 0.3 is 0 Å². The number of ketones is 1. The third kappa shape index (κ3) is 3.99. The van der Waals surface area contributed by atoms with Gasteiger partial charge in [-0.15, -0.1) is 0 Å². The Bertz CT molecular complexity index is 1270. The number of rotatable bonds is 8. The number of ether oxygens (including phenoxy) is 4. The Kier molecular flexibility index (Phi) is 6.59. The van der Waals surface area contributed by atoms with E-state index in [0.29, 0.717) is 39.5 Å². The van der Waals surface area contributed by atoms with Crippen molar-refractivity contribution in [1.29, 1.82) is 0 Å². The lowest BCUT2D eigenvalue weighted by Gasteiger charge is -2.18. The maximum Gasteiger partial charge on any atom is 0.229 e. The topological polar surface area (TPSA) is 74.2 Å². The molecule has 6 nitrogen and oxygen atoms in total. The lowest BCUT2D eigenvalue weighted by Crippen LogP contribution is -2.06. The molecule has 0 spiro atoms. The number of benzene rings is 3. The van der Waals surface area contributed by atoms with Crippen molar-refractivity contribution in [2.24, 2.45) is 0 Å². The molecule has 1 aliphatic rings. The summed E-state index contributed by atoms with van der Waals surface area (Å²) < 4.78 is 22.1. The Morgan fingerprint density at radius 1 is 0.735 bits per heavy atom.